The van der Waals surface area contributed by atoms with Crippen LogP contribution >= 0.6 is 0 Å². The number of benzene rings is 2. The molecule has 0 saturated carbocycles. The normalized spacial score (nSPS) is 18.7. The van der Waals surface area contributed by atoms with Gasteiger partial charge in [0.15, 0.2) is 11.0 Å². The predicted molar refractivity (Wildman–Crippen MR) is 139 cm³/mol. The van der Waals surface area contributed by atoms with Gasteiger partial charge in [-0.1, -0.05) is 25.1 Å². The number of fused-ring (bicyclic) bond motifs is 5. The lowest BCUT2D eigenvalue weighted by atomic mass is 9.83. The molecule has 3 aromatic rings. The van der Waals surface area contributed by atoms with Crippen molar-refractivity contribution in [3.63, 3.8) is 0 Å². The second kappa shape index (κ2) is 8.89. The number of amides is 2. The van der Waals surface area contributed by atoms with Crippen molar-refractivity contribution in [3.8, 4) is 0 Å². The van der Waals surface area contributed by atoms with E-state index in [0.717, 1.165) is 23.2 Å². The molecule has 0 N–H and O–H groups in total. The summed E-state index contributed by atoms with van der Waals surface area (Å²) in [6, 6.07) is 11.1. The summed E-state index contributed by atoms with van der Waals surface area (Å²) in [4.78, 5) is 45.7. The van der Waals surface area contributed by atoms with Crippen molar-refractivity contribution in [2.24, 2.45) is 0 Å². The zero-order chi connectivity index (χ0) is 25.8. The molecule has 188 valence electrons. The highest BCUT2D eigenvalue weighted by Crippen LogP contribution is 2.52. The van der Waals surface area contributed by atoms with Crippen molar-refractivity contribution in [1.29, 1.82) is 0 Å². The molecule has 1 spiro atoms. The summed E-state index contributed by atoms with van der Waals surface area (Å²) in [6.45, 7) is 11.0. The molecular weight excluding hydrogens is 456 g/mol. The Bertz CT molecular complexity index is 1440. The van der Waals surface area contributed by atoms with E-state index in [1.54, 1.807) is 21.9 Å². The second-order valence-corrected chi connectivity index (χ2v) is 9.98. The first-order valence-electron chi connectivity index (χ1n) is 12.7. The van der Waals surface area contributed by atoms with Gasteiger partial charge in [0.05, 0.1) is 22.7 Å². The Labute approximate surface area is 210 Å². The molecule has 2 aliphatic heterocycles. The van der Waals surface area contributed by atoms with Gasteiger partial charge in [0.25, 0.3) is 11.8 Å². The third kappa shape index (κ3) is 3.33. The smallest absolute Gasteiger partial charge is 0.291 e. The van der Waals surface area contributed by atoms with Crippen LogP contribution in [0.1, 0.15) is 66.4 Å². The largest absolute Gasteiger partial charge is 0.450 e. The van der Waals surface area contributed by atoms with Gasteiger partial charge >= 0.3 is 0 Å². The lowest BCUT2D eigenvalue weighted by Gasteiger charge is -2.34. The Kier molecular flexibility index (Phi) is 5.99. The third-order valence-corrected chi connectivity index (χ3v) is 7.28. The fourth-order valence-electron chi connectivity index (χ4n) is 5.53. The van der Waals surface area contributed by atoms with E-state index in [1.165, 1.54) is 0 Å². The number of carbonyl (C=O) groups excluding carboxylic acids is 2. The van der Waals surface area contributed by atoms with Gasteiger partial charge in [0.1, 0.15) is 5.58 Å². The number of hydrogen-bond donors (Lipinski definition) is 0. The summed E-state index contributed by atoms with van der Waals surface area (Å²) >= 11 is 0. The van der Waals surface area contributed by atoms with E-state index in [2.05, 4.69) is 0 Å². The maximum absolute atomic E-state index is 14.4. The van der Waals surface area contributed by atoms with Gasteiger partial charge in [0, 0.05) is 25.3 Å². The van der Waals surface area contributed by atoms with Crippen LogP contribution in [0.2, 0.25) is 0 Å². The van der Waals surface area contributed by atoms with E-state index in [0.29, 0.717) is 36.1 Å². The van der Waals surface area contributed by atoms with Crippen LogP contribution in [0.3, 0.4) is 0 Å². The minimum atomic E-state index is -1.55. The van der Waals surface area contributed by atoms with E-state index >= 15 is 0 Å². The average molecular weight is 489 g/mol. The van der Waals surface area contributed by atoms with Crippen LogP contribution in [0, 0.1) is 13.8 Å². The van der Waals surface area contributed by atoms with E-state index in [9.17, 15) is 14.4 Å². The first-order chi connectivity index (χ1) is 17.2. The van der Waals surface area contributed by atoms with Crippen molar-refractivity contribution < 1.29 is 18.7 Å². The number of anilines is 1. The summed E-state index contributed by atoms with van der Waals surface area (Å²) in [6.07, 6.45) is 1.32. The quantitative estimate of drug-likeness (QED) is 0.451. The van der Waals surface area contributed by atoms with Crippen LogP contribution in [0.4, 0.5) is 5.69 Å². The Hall–Kier alpha value is -3.45. The molecule has 7 nitrogen and oxygen atoms in total. The average Bonchev–Trinajstić information content (AvgIpc) is 3.23. The fraction of sp³-hybridized carbons (Fsp3) is 0.414. The molecule has 3 heterocycles. The van der Waals surface area contributed by atoms with Gasteiger partial charge in [-0.2, -0.15) is 0 Å². The maximum atomic E-state index is 14.4. The Morgan fingerprint density at radius 2 is 1.75 bits per heavy atom. The molecule has 0 radical (unpaired) electrons. The van der Waals surface area contributed by atoms with Crippen molar-refractivity contribution in [2.75, 3.05) is 24.6 Å². The van der Waals surface area contributed by atoms with Gasteiger partial charge in [-0.15, -0.1) is 0 Å². The number of para-hydroxylation sites is 1. The molecule has 0 bridgehead atoms. The van der Waals surface area contributed by atoms with Gasteiger partial charge in [-0.05, 0) is 69.9 Å². The zero-order valence-electron chi connectivity index (χ0n) is 21.5. The molecule has 1 aromatic heterocycles. The molecule has 36 heavy (non-hydrogen) atoms. The number of rotatable bonds is 7. The topological polar surface area (TPSA) is 80.1 Å². The number of hydrogen-bond acceptors (Lipinski definition) is 5. The first kappa shape index (κ1) is 24.3. The van der Waals surface area contributed by atoms with Gasteiger partial charge in [0.2, 0.25) is 5.76 Å². The molecular formula is C29H32N2O5. The van der Waals surface area contributed by atoms with E-state index in [-0.39, 0.29) is 35.3 Å². The van der Waals surface area contributed by atoms with Crippen molar-refractivity contribution in [1.82, 2.24) is 4.90 Å². The molecule has 2 aromatic carbocycles. The monoisotopic (exact) mass is 488 g/mol. The van der Waals surface area contributed by atoms with Crippen LogP contribution in [-0.2, 0) is 15.1 Å². The van der Waals surface area contributed by atoms with Crippen molar-refractivity contribution in [2.45, 2.75) is 59.1 Å². The highest BCUT2D eigenvalue weighted by Gasteiger charge is 2.64. The third-order valence-electron chi connectivity index (χ3n) is 7.28. The summed E-state index contributed by atoms with van der Waals surface area (Å²) in [5, 5.41) is 0.383. The fourth-order valence-corrected chi connectivity index (χ4v) is 5.53. The van der Waals surface area contributed by atoms with Crippen LogP contribution in [-0.4, -0.2) is 42.5 Å². The van der Waals surface area contributed by atoms with Gasteiger partial charge in [-0.3, -0.25) is 14.4 Å². The summed E-state index contributed by atoms with van der Waals surface area (Å²) in [5.74, 6) is -0.756. The predicted octanol–water partition coefficient (Wildman–Crippen LogP) is 4.68. The van der Waals surface area contributed by atoms with Crippen LogP contribution < -0.4 is 10.3 Å². The van der Waals surface area contributed by atoms with Gasteiger partial charge < -0.3 is 19.0 Å². The lowest BCUT2D eigenvalue weighted by Crippen LogP contribution is -2.53. The molecule has 2 amide bonds. The van der Waals surface area contributed by atoms with E-state index in [1.807, 2.05) is 58.9 Å². The molecule has 0 fully saturated rings. The van der Waals surface area contributed by atoms with Crippen LogP contribution in [0.5, 0.6) is 0 Å². The molecule has 1 atom stereocenters. The SMILES string of the molecule is CCCN1C(=O)C2(c3ccccc31)c1c(oc3cc(C)c(C)cc3c1=O)C(=O)N2CCCOC(C)C. The number of aryl methyl sites for hydroxylation is 2. The number of ether oxygens (including phenoxy) is 1. The molecule has 1 unspecified atom stereocenters. The molecule has 7 heteroatoms. The van der Waals surface area contributed by atoms with E-state index in [4.69, 9.17) is 9.15 Å². The Morgan fingerprint density at radius 3 is 2.47 bits per heavy atom. The molecule has 0 saturated heterocycles. The standard InChI is InChI=1S/C29H32N2O5/c1-6-12-30-22-11-8-7-10-21(22)29(28(30)34)24-25(32)20-15-18(4)19(5)16-23(20)36-26(24)27(33)31(29)13-9-14-35-17(2)3/h7-8,10-11,15-17H,6,9,12-14H2,1-5H3. The van der Waals surface area contributed by atoms with E-state index < -0.39 is 11.4 Å². The lowest BCUT2D eigenvalue weighted by molar-refractivity contribution is -0.126. The highest BCUT2D eigenvalue weighted by atomic mass is 16.5. The summed E-state index contributed by atoms with van der Waals surface area (Å²) in [7, 11) is 0. The Morgan fingerprint density at radius 1 is 1.03 bits per heavy atom. The molecule has 0 aliphatic carbocycles. The summed E-state index contributed by atoms with van der Waals surface area (Å²) < 4.78 is 11.9. The molecule has 2 aliphatic rings. The van der Waals surface area contributed by atoms with Crippen molar-refractivity contribution >= 4 is 28.5 Å². The first-order valence-corrected chi connectivity index (χ1v) is 12.7. The van der Waals surface area contributed by atoms with Crippen LogP contribution in [0.25, 0.3) is 11.0 Å². The molecule has 5 rings (SSSR count). The zero-order valence-corrected chi connectivity index (χ0v) is 21.5. The Balaban J connectivity index is 1.79. The highest BCUT2D eigenvalue weighted by molar-refractivity contribution is 6.17. The van der Waals surface area contributed by atoms with Crippen LogP contribution in [0.15, 0.2) is 45.6 Å². The minimum Gasteiger partial charge on any atom is -0.450 e. The summed E-state index contributed by atoms with van der Waals surface area (Å²) in [5.41, 5.74) is 1.90. The minimum absolute atomic E-state index is 0.0398. The van der Waals surface area contributed by atoms with Crippen molar-refractivity contribution in [3.05, 3.63) is 74.6 Å². The van der Waals surface area contributed by atoms with Gasteiger partial charge in [-0.25, -0.2) is 0 Å². The maximum Gasteiger partial charge on any atom is 0.291 e. The number of nitrogens with zero attached hydrogens (tertiary/aromatic N) is 2. The number of carbonyl (C=O) groups is 2. The second-order valence-electron chi connectivity index (χ2n) is 9.98.